The Morgan fingerprint density at radius 2 is 1.93 bits per heavy atom. The summed E-state index contributed by atoms with van der Waals surface area (Å²) < 4.78 is 0. The fraction of sp³-hybridized carbons (Fsp3) is 0.818. The molecule has 0 bridgehead atoms. The van der Waals surface area contributed by atoms with E-state index in [1.807, 2.05) is 20.8 Å². The normalized spacial score (nSPS) is 14.7. The Bertz CT molecular complexity index is 238. The standard InChI is InChI=1S/C11H21NO3/c1-5-11(4,7-10(14)15)12-9(13)6-8(2)3/h8H,5-7H2,1-4H3,(H,12,13)(H,14,15)/t11-/m0/s1. The van der Waals surface area contributed by atoms with E-state index in [0.717, 1.165) is 0 Å². The van der Waals surface area contributed by atoms with E-state index in [1.165, 1.54) is 0 Å². The van der Waals surface area contributed by atoms with Crippen LogP contribution in [0.25, 0.3) is 0 Å². The Morgan fingerprint density at radius 1 is 1.40 bits per heavy atom. The average Bonchev–Trinajstić information content (AvgIpc) is 2.00. The van der Waals surface area contributed by atoms with Gasteiger partial charge in [-0.25, -0.2) is 0 Å². The molecule has 0 aromatic heterocycles. The molecule has 0 spiro atoms. The van der Waals surface area contributed by atoms with Crippen LogP contribution >= 0.6 is 0 Å². The second-order valence-electron chi connectivity index (χ2n) is 4.63. The number of carboxylic acids is 1. The van der Waals surface area contributed by atoms with Crippen LogP contribution in [0, 0.1) is 5.92 Å². The molecule has 4 nitrogen and oxygen atoms in total. The van der Waals surface area contributed by atoms with Gasteiger partial charge < -0.3 is 10.4 Å². The largest absolute Gasteiger partial charge is 0.481 e. The predicted octanol–water partition coefficient (Wildman–Crippen LogP) is 1.79. The summed E-state index contributed by atoms with van der Waals surface area (Å²) in [4.78, 5) is 22.1. The first-order chi connectivity index (χ1) is 6.79. The van der Waals surface area contributed by atoms with Gasteiger partial charge in [0, 0.05) is 12.0 Å². The highest BCUT2D eigenvalue weighted by molar-refractivity contribution is 5.78. The van der Waals surface area contributed by atoms with Crippen molar-refractivity contribution in [2.75, 3.05) is 0 Å². The second-order valence-corrected chi connectivity index (χ2v) is 4.63. The molecule has 0 aromatic rings. The van der Waals surface area contributed by atoms with Crippen molar-refractivity contribution in [1.82, 2.24) is 5.32 Å². The summed E-state index contributed by atoms with van der Waals surface area (Å²) in [6, 6.07) is 0. The van der Waals surface area contributed by atoms with E-state index in [1.54, 1.807) is 6.92 Å². The van der Waals surface area contributed by atoms with Crippen LogP contribution in [0.5, 0.6) is 0 Å². The van der Waals surface area contributed by atoms with Gasteiger partial charge in [0.05, 0.1) is 6.42 Å². The van der Waals surface area contributed by atoms with Gasteiger partial charge in [-0.15, -0.1) is 0 Å². The Hall–Kier alpha value is -1.06. The zero-order valence-corrected chi connectivity index (χ0v) is 9.96. The summed E-state index contributed by atoms with van der Waals surface area (Å²) in [5.41, 5.74) is -0.627. The molecule has 1 atom stereocenters. The smallest absolute Gasteiger partial charge is 0.305 e. The number of nitrogens with one attached hydrogen (secondary N) is 1. The minimum absolute atomic E-state index is 0.0344. The van der Waals surface area contributed by atoms with Gasteiger partial charge in [0.15, 0.2) is 0 Å². The lowest BCUT2D eigenvalue weighted by Crippen LogP contribution is -2.47. The van der Waals surface area contributed by atoms with Crippen molar-refractivity contribution >= 4 is 11.9 Å². The van der Waals surface area contributed by atoms with E-state index in [-0.39, 0.29) is 18.2 Å². The predicted molar refractivity (Wildman–Crippen MR) is 58.5 cm³/mol. The molecule has 0 rings (SSSR count). The topological polar surface area (TPSA) is 66.4 Å². The molecule has 0 saturated heterocycles. The molecule has 0 aliphatic carbocycles. The first-order valence-electron chi connectivity index (χ1n) is 5.32. The zero-order valence-electron chi connectivity index (χ0n) is 9.96. The molecule has 1 amide bonds. The molecular weight excluding hydrogens is 194 g/mol. The van der Waals surface area contributed by atoms with Crippen LogP contribution in [0.15, 0.2) is 0 Å². The van der Waals surface area contributed by atoms with Crippen LogP contribution in [0.3, 0.4) is 0 Å². The highest BCUT2D eigenvalue weighted by Gasteiger charge is 2.27. The Morgan fingerprint density at radius 3 is 2.27 bits per heavy atom. The molecule has 4 heteroatoms. The first-order valence-corrected chi connectivity index (χ1v) is 5.32. The molecule has 88 valence electrons. The van der Waals surface area contributed by atoms with Crippen molar-refractivity contribution in [3.05, 3.63) is 0 Å². The number of carbonyl (C=O) groups excluding carboxylic acids is 1. The number of hydrogen-bond donors (Lipinski definition) is 2. The third-order valence-corrected chi connectivity index (χ3v) is 2.36. The minimum Gasteiger partial charge on any atom is -0.481 e. The van der Waals surface area contributed by atoms with E-state index in [9.17, 15) is 9.59 Å². The van der Waals surface area contributed by atoms with Crippen LogP contribution in [-0.4, -0.2) is 22.5 Å². The average molecular weight is 215 g/mol. The molecule has 0 aromatic carbocycles. The van der Waals surface area contributed by atoms with E-state index in [2.05, 4.69) is 5.32 Å². The molecule has 0 aliphatic rings. The number of aliphatic carboxylic acids is 1. The molecule has 0 unspecified atom stereocenters. The number of rotatable bonds is 6. The summed E-state index contributed by atoms with van der Waals surface area (Å²) in [5.74, 6) is -0.671. The molecule has 15 heavy (non-hydrogen) atoms. The van der Waals surface area contributed by atoms with E-state index >= 15 is 0 Å². The van der Waals surface area contributed by atoms with Gasteiger partial charge in [0.25, 0.3) is 0 Å². The summed E-state index contributed by atoms with van der Waals surface area (Å²) in [7, 11) is 0. The fourth-order valence-electron chi connectivity index (χ4n) is 1.35. The number of amides is 1. The third-order valence-electron chi connectivity index (χ3n) is 2.36. The summed E-state index contributed by atoms with van der Waals surface area (Å²) in [6.07, 6.45) is 1.02. The number of hydrogen-bond acceptors (Lipinski definition) is 2. The fourth-order valence-corrected chi connectivity index (χ4v) is 1.35. The Labute approximate surface area is 91.1 Å². The Kier molecular flexibility index (Phi) is 5.33. The van der Waals surface area contributed by atoms with Gasteiger partial charge in [-0.3, -0.25) is 9.59 Å². The SMILES string of the molecule is CC[C@@](C)(CC(=O)O)NC(=O)CC(C)C. The second kappa shape index (κ2) is 5.73. The summed E-state index contributed by atoms with van der Waals surface area (Å²) in [6.45, 7) is 7.55. The van der Waals surface area contributed by atoms with Crippen LogP contribution in [-0.2, 0) is 9.59 Å². The molecule has 0 saturated carbocycles. The highest BCUT2D eigenvalue weighted by atomic mass is 16.4. The maximum Gasteiger partial charge on any atom is 0.305 e. The van der Waals surface area contributed by atoms with Crippen molar-refractivity contribution in [3.8, 4) is 0 Å². The lowest BCUT2D eigenvalue weighted by atomic mass is 9.94. The monoisotopic (exact) mass is 215 g/mol. The highest BCUT2D eigenvalue weighted by Crippen LogP contribution is 2.15. The van der Waals surface area contributed by atoms with E-state index < -0.39 is 11.5 Å². The van der Waals surface area contributed by atoms with Crippen LogP contribution < -0.4 is 5.32 Å². The molecular formula is C11H21NO3. The van der Waals surface area contributed by atoms with Gasteiger partial charge in [-0.05, 0) is 19.3 Å². The van der Waals surface area contributed by atoms with Gasteiger partial charge >= 0.3 is 5.97 Å². The Balaban J connectivity index is 4.30. The van der Waals surface area contributed by atoms with Crippen LogP contribution in [0.1, 0.15) is 47.0 Å². The van der Waals surface area contributed by atoms with Crippen LogP contribution in [0.4, 0.5) is 0 Å². The van der Waals surface area contributed by atoms with Crippen molar-refractivity contribution in [2.24, 2.45) is 5.92 Å². The molecule has 0 aliphatic heterocycles. The van der Waals surface area contributed by atoms with E-state index in [0.29, 0.717) is 12.8 Å². The maximum absolute atomic E-state index is 11.5. The van der Waals surface area contributed by atoms with Crippen molar-refractivity contribution in [2.45, 2.75) is 52.5 Å². The lowest BCUT2D eigenvalue weighted by Gasteiger charge is -2.28. The van der Waals surface area contributed by atoms with Crippen molar-refractivity contribution < 1.29 is 14.7 Å². The molecule has 2 N–H and O–H groups in total. The van der Waals surface area contributed by atoms with Gasteiger partial charge in [0.2, 0.25) is 5.91 Å². The third kappa shape index (κ3) is 6.10. The zero-order chi connectivity index (χ0) is 12.1. The quantitative estimate of drug-likeness (QED) is 0.710. The van der Waals surface area contributed by atoms with Gasteiger partial charge in [0.1, 0.15) is 0 Å². The molecule has 0 radical (unpaired) electrons. The summed E-state index contributed by atoms with van der Waals surface area (Å²) >= 11 is 0. The first kappa shape index (κ1) is 13.9. The number of carbonyl (C=O) groups is 2. The van der Waals surface area contributed by atoms with Crippen molar-refractivity contribution in [3.63, 3.8) is 0 Å². The number of carboxylic acid groups (broad SMARTS) is 1. The molecule has 0 heterocycles. The van der Waals surface area contributed by atoms with Gasteiger partial charge in [-0.2, -0.15) is 0 Å². The summed E-state index contributed by atoms with van der Waals surface area (Å²) in [5, 5.41) is 11.5. The van der Waals surface area contributed by atoms with Gasteiger partial charge in [-0.1, -0.05) is 20.8 Å². The van der Waals surface area contributed by atoms with Crippen molar-refractivity contribution in [1.29, 1.82) is 0 Å². The lowest BCUT2D eigenvalue weighted by molar-refractivity contribution is -0.139. The maximum atomic E-state index is 11.5. The van der Waals surface area contributed by atoms with E-state index in [4.69, 9.17) is 5.11 Å². The molecule has 0 fully saturated rings. The van der Waals surface area contributed by atoms with Crippen LogP contribution in [0.2, 0.25) is 0 Å². The minimum atomic E-state index is -0.885.